The predicted molar refractivity (Wildman–Crippen MR) is 74.5 cm³/mol. The molecule has 0 saturated heterocycles. The molecular weight excluding hydrogens is 245 g/mol. The number of hydrogen-bond acceptors (Lipinski definition) is 3. The molecule has 0 aliphatic heterocycles. The zero-order valence-corrected chi connectivity index (χ0v) is 12.2. The lowest BCUT2D eigenvalue weighted by Crippen LogP contribution is -2.40. The first-order valence-corrected chi connectivity index (χ1v) is 6.62. The number of aliphatic hydroxyl groups excluding tert-OH is 1. The first-order valence-electron chi connectivity index (χ1n) is 6.62. The maximum atomic E-state index is 13.0. The summed E-state index contributed by atoms with van der Waals surface area (Å²) in [4.78, 5) is 1.98. The first kappa shape index (κ1) is 16.1. The van der Waals surface area contributed by atoms with E-state index in [9.17, 15) is 14.6 Å². The molecule has 3 nitrogen and oxygen atoms in total. The highest BCUT2D eigenvalue weighted by molar-refractivity contribution is 5.28. The highest BCUT2D eigenvalue weighted by Crippen LogP contribution is 2.20. The summed E-state index contributed by atoms with van der Waals surface area (Å²) in [7, 11) is 0. The van der Waals surface area contributed by atoms with Gasteiger partial charge in [-0.3, -0.25) is 4.90 Å². The number of aryl methyl sites for hydroxylation is 1. The van der Waals surface area contributed by atoms with Crippen molar-refractivity contribution in [2.45, 2.75) is 39.4 Å². The first-order chi connectivity index (χ1) is 8.73. The van der Waals surface area contributed by atoms with E-state index in [2.05, 4.69) is 0 Å². The van der Waals surface area contributed by atoms with Gasteiger partial charge in [0.25, 0.3) is 0 Å². The SMILES string of the molecule is CCN(CC(O)c1ccc(F)cc1C)CC(C)(C)O. The largest absolute Gasteiger partial charge is 0.389 e. The molecule has 19 heavy (non-hydrogen) atoms. The highest BCUT2D eigenvalue weighted by atomic mass is 19.1. The van der Waals surface area contributed by atoms with Crippen molar-refractivity contribution < 1.29 is 14.6 Å². The summed E-state index contributed by atoms with van der Waals surface area (Å²) in [5.41, 5.74) is 0.676. The Morgan fingerprint density at radius 2 is 2.00 bits per heavy atom. The molecule has 0 radical (unpaired) electrons. The molecule has 1 unspecified atom stereocenters. The van der Waals surface area contributed by atoms with E-state index in [1.54, 1.807) is 26.8 Å². The lowest BCUT2D eigenvalue weighted by molar-refractivity contribution is 0.0202. The highest BCUT2D eigenvalue weighted by Gasteiger charge is 2.20. The van der Waals surface area contributed by atoms with Crippen LogP contribution in [-0.2, 0) is 0 Å². The molecule has 0 amide bonds. The average molecular weight is 269 g/mol. The summed E-state index contributed by atoms with van der Waals surface area (Å²) in [5, 5.41) is 20.1. The van der Waals surface area contributed by atoms with Gasteiger partial charge in [0.1, 0.15) is 5.82 Å². The Kier molecular flexibility index (Phi) is 5.47. The molecule has 1 aromatic carbocycles. The normalized spacial score (nSPS) is 13.9. The van der Waals surface area contributed by atoms with Crippen LogP contribution < -0.4 is 0 Å². The van der Waals surface area contributed by atoms with Gasteiger partial charge in [-0.1, -0.05) is 13.0 Å². The summed E-state index contributed by atoms with van der Waals surface area (Å²) in [5.74, 6) is -0.294. The number of hydrogen-bond donors (Lipinski definition) is 2. The minimum absolute atomic E-state index is 0.294. The molecule has 0 spiro atoms. The van der Waals surface area contributed by atoms with Crippen LogP contribution in [0.15, 0.2) is 18.2 Å². The van der Waals surface area contributed by atoms with E-state index in [1.807, 2.05) is 11.8 Å². The number of halogens is 1. The lowest BCUT2D eigenvalue weighted by Gasteiger charge is -2.30. The van der Waals surface area contributed by atoms with Crippen LogP contribution in [0.1, 0.15) is 38.0 Å². The fraction of sp³-hybridized carbons (Fsp3) is 0.600. The molecule has 0 aromatic heterocycles. The van der Waals surface area contributed by atoms with Crippen LogP contribution in [0.25, 0.3) is 0 Å². The minimum atomic E-state index is -0.798. The third-order valence-corrected chi connectivity index (χ3v) is 3.08. The second-order valence-electron chi connectivity index (χ2n) is 5.66. The van der Waals surface area contributed by atoms with Crippen molar-refractivity contribution in [3.05, 3.63) is 35.1 Å². The maximum absolute atomic E-state index is 13.0. The van der Waals surface area contributed by atoms with Gasteiger partial charge < -0.3 is 10.2 Å². The van der Waals surface area contributed by atoms with E-state index in [0.717, 1.165) is 17.7 Å². The van der Waals surface area contributed by atoms with Crippen molar-refractivity contribution in [1.29, 1.82) is 0 Å². The molecule has 4 heteroatoms. The van der Waals surface area contributed by atoms with Gasteiger partial charge >= 0.3 is 0 Å². The van der Waals surface area contributed by atoms with Gasteiger partial charge in [0.05, 0.1) is 11.7 Å². The quantitative estimate of drug-likeness (QED) is 0.832. The van der Waals surface area contributed by atoms with Crippen molar-refractivity contribution >= 4 is 0 Å². The van der Waals surface area contributed by atoms with Crippen molar-refractivity contribution in [2.24, 2.45) is 0 Å². The van der Waals surface area contributed by atoms with Crippen LogP contribution in [0, 0.1) is 12.7 Å². The topological polar surface area (TPSA) is 43.7 Å². The molecule has 0 bridgehead atoms. The van der Waals surface area contributed by atoms with Gasteiger partial charge in [0, 0.05) is 13.1 Å². The maximum Gasteiger partial charge on any atom is 0.123 e. The number of rotatable bonds is 6. The molecule has 0 heterocycles. The molecular formula is C15H24FNO2. The van der Waals surface area contributed by atoms with Gasteiger partial charge in [-0.25, -0.2) is 4.39 Å². The molecule has 1 rings (SSSR count). The third-order valence-electron chi connectivity index (χ3n) is 3.08. The Hall–Kier alpha value is -0.970. The standard InChI is InChI=1S/C15H24FNO2/c1-5-17(10-15(3,4)19)9-14(18)13-7-6-12(16)8-11(13)2/h6-8,14,18-19H,5,9-10H2,1-4H3. The van der Waals surface area contributed by atoms with Gasteiger partial charge in [0.2, 0.25) is 0 Å². The van der Waals surface area contributed by atoms with E-state index in [4.69, 9.17) is 0 Å². The smallest absolute Gasteiger partial charge is 0.123 e. The Bertz CT molecular complexity index is 415. The summed E-state index contributed by atoms with van der Waals surface area (Å²) in [6.45, 7) is 8.90. The molecule has 0 aliphatic carbocycles. The fourth-order valence-electron chi connectivity index (χ4n) is 2.21. The van der Waals surface area contributed by atoms with E-state index in [-0.39, 0.29) is 5.82 Å². The predicted octanol–water partition coefficient (Wildman–Crippen LogP) is 2.26. The molecule has 0 fully saturated rings. The van der Waals surface area contributed by atoms with Crippen molar-refractivity contribution in [2.75, 3.05) is 19.6 Å². The van der Waals surface area contributed by atoms with Crippen LogP contribution in [-0.4, -0.2) is 40.3 Å². The molecule has 0 saturated carbocycles. The van der Waals surface area contributed by atoms with E-state index >= 15 is 0 Å². The van der Waals surface area contributed by atoms with Crippen molar-refractivity contribution in [1.82, 2.24) is 4.90 Å². The average Bonchev–Trinajstić information content (AvgIpc) is 2.25. The molecule has 2 N–H and O–H groups in total. The van der Waals surface area contributed by atoms with Crippen LogP contribution in [0.5, 0.6) is 0 Å². The Morgan fingerprint density at radius 3 is 2.47 bits per heavy atom. The number of nitrogens with zero attached hydrogens (tertiary/aromatic N) is 1. The van der Waals surface area contributed by atoms with Crippen LogP contribution in [0.3, 0.4) is 0 Å². The van der Waals surface area contributed by atoms with E-state index in [0.29, 0.717) is 13.1 Å². The Morgan fingerprint density at radius 1 is 1.37 bits per heavy atom. The lowest BCUT2D eigenvalue weighted by atomic mass is 10.0. The zero-order chi connectivity index (χ0) is 14.6. The van der Waals surface area contributed by atoms with Crippen molar-refractivity contribution in [3.63, 3.8) is 0 Å². The number of benzene rings is 1. The fourth-order valence-corrected chi connectivity index (χ4v) is 2.21. The summed E-state index contributed by atoms with van der Waals surface area (Å²) in [6.07, 6.45) is -0.678. The van der Waals surface area contributed by atoms with Gasteiger partial charge in [0.15, 0.2) is 0 Å². The molecule has 1 atom stereocenters. The van der Waals surface area contributed by atoms with Crippen LogP contribution >= 0.6 is 0 Å². The van der Waals surface area contributed by atoms with Crippen LogP contribution in [0.2, 0.25) is 0 Å². The molecule has 108 valence electrons. The van der Waals surface area contributed by atoms with E-state index < -0.39 is 11.7 Å². The van der Waals surface area contributed by atoms with Crippen molar-refractivity contribution in [3.8, 4) is 0 Å². The third kappa shape index (κ3) is 5.27. The zero-order valence-electron chi connectivity index (χ0n) is 12.2. The number of likely N-dealkylation sites (N-methyl/N-ethyl adjacent to an activating group) is 1. The minimum Gasteiger partial charge on any atom is -0.389 e. The number of aliphatic hydroxyl groups is 2. The van der Waals surface area contributed by atoms with Crippen LogP contribution in [0.4, 0.5) is 4.39 Å². The van der Waals surface area contributed by atoms with E-state index in [1.165, 1.54) is 12.1 Å². The second-order valence-corrected chi connectivity index (χ2v) is 5.66. The summed E-state index contributed by atoms with van der Waals surface area (Å²) < 4.78 is 13.0. The van der Waals surface area contributed by atoms with Gasteiger partial charge in [-0.2, -0.15) is 0 Å². The second kappa shape index (κ2) is 6.46. The van der Waals surface area contributed by atoms with Gasteiger partial charge in [-0.05, 0) is 50.6 Å². The molecule has 1 aromatic rings. The molecule has 0 aliphatic rings. The van der Waals surface area contributed by atoms with Gasteiger partial charge in [-0.15, -0.1) is 0 Å². The monoisotopic (exact) mass is 269 g/mol. The Balaban J connectivity index is 2.74. The summed E-state index contributed by atoms with van der Waals surface area (Å²) in [6, 6.07) is 4.40. The summed E-state index contributed by atoms with van der Waals surface area (Å²) >= 11 is 0. The Labute approximate surface area is 114 Å².